The lowest BCUT2D eigenvalue weighted by Crippen LogP contribution is -2.36. The van der Waals surface area contributed by atoms with Gasteiger partial charge < -0.3 is 8.98 Å². The van der Waals surface area contributed by atoms with Crippen molar-refractivity contribution in [2.75, 3.05) is 13.1 Å². The summed E-state index contributed by atoms with van der Waals surface area (Å²) in [5.41, 5.74) is 2.11. The molecule has 2 fully saturated rings. The van der Waals surface area contributed by atoms with Crippen molar-refractivity contribution < 1.29 is 12.8 Å². The molecule has 0 radical (unpaired) electrons. The third-order valence-electron chi connectivity index (χ3n) is 5.87. The molecule has 1 aliphatic heterocycles. The van der Waals surface area contributed by atoms with Crippen LogP contribution in [0.1, 0.15) is 61.6 Å². The van der Waals surface area contributed by atoms with Crippen molar-refractivity contribution in [2.45, 2.75) is 63.2 Å². The Morgan fingerprint density at radius 2 is 1.73 bits per heavy atom. The van der Waals surface area contributed by atoms with Crippen molar-refractivity contribution >= 4 is 10.0 Å². The van der Waals surface area contributed by atoms with Crippen LogP contribution < -0.4 is 0 Å². The Hall–Kier alpha value is -1.67. The summed E-state index contributed by atoms with van der Waals surface area (Å²) in [6.07, 6.45) is 6.30. The van der Waals surface area contributed by atoms with Crippen LogP contribution in [0.5, 0.6) is 0 Å². The van der Waals surface area contributed by atoms with E-state index >= 15 is 0 Å². The van der Waals surface area contributed by atoms with Crippen LogP contribution in [0.3, 0.4) is 0 Å². The molecule has 7 nitrogen and oxygen atoms in total. The van der Waals surface area contributed by atoms with E-state index in [1.165, 1.54) is 6.42 Å². The minimum Gasteiger partial charge on any atom is -0.419 e. The van der Waals surface area contributed by atoms with Crippen molar-refractivity contribution in [3.05, 3.63) is 17.1 Å². The van der Waals surface area contributed by atoms with Crippen LogP contribution in [0.4, 0.5) is 0 Å². The van der Waals surface area contributed by atoms with Gasteiger partial charge in [0, 0.05) is 37.3 Å². The molecule has 0 aromatic carbocycles. The molecule has 0 spiro atoms. The molecule has 0 amide bonds. The molecule has 0 atom stereocenters. The fourth-order valence-corrected chi connectivity index (χ4v) is 6.01. The van der Waals surface area contributed by atoms with E-state index in [2.05, 4.69) is 10.2 Å². The monoisotopic (exact) mass is 378 g/mol. The first-order valence-electron chi connectivity index (χ1n) is 9.41. The SMILES string of the molecule is Cc1c(S(=O)(=O)N2CCCCC2)c(C)n(C)c1-c1nnc(C2CCC2)o1. The lowest BCUT2D eigenvalue weighted by atomic mass is 9.85. The van der Waals surface area contributed by atoms with E-state index in [0.29, 0.717) is 52.6 Å². The highest BCUT2D eigenvalue weighted by atomic mass is 32.2. The first kappa shape index (κ1) is 17.7. The predicted molar refractivity (Wildman–Crippen MR) is 97.4 cm³/mol. The summed E-state index contributed by atoms with van der Waals surface area (Å²) in [4.78, 5) is 0.389. The van der Waals surface area contributed by atoms with E-state index in [1.54, 1.807) is 4.31 Å². The summed E-state index contributed by atoms with van der Waals surface area (Å²) < 4.78 is 35.9. The Balaban J connectivity index is 1.76. The Morgan fingerprint density at radius 3 is 2.35 bits per heavy atom. The third-order valence-corrected chi connectivity index (χ3v) is 8.04. The van der Waals surface area contributed by atoms with Gasteiger partial charge in [-0.25, -0.2) is 8.42 Å². The van der Waals surface area contributed by atoms with Gasteiger partial charge in [-0.15, -0.1) is 10.2 Å². The topological polar surface area (TPSA) is 81.2 Å². The second-order valence-corrected chi connectivity index (χ2v) is 9.36. The van der Waals surface area contributed by atoms with Crippen LogP contribution in [0.2, 0.25) is 0 Å². The maximum atomic E-state index is 13.2. The van der Waals surface area contributed by atoms with Crippen LogP contribution in [0.15, 0.2) is 9.31 Å². The van der Waals surface area contributed by atoms with Gasteiger partial charge in [-0.3, -0.25) is 0 Å². The number of aromatic nitrogens is 3. The van der Waals surface area contributed by atoms with E-state index < -0.39 is 10.0 Å². The normalized spacial score (nSPS) is 19.7. The van der Waals surface area contributed by atoms with E-state index in [1.807, 2.05) is 25.5 Å². The molecular weight excluding hydrogens is 352 g/mol. The molecule has 1 saturated carbocycles. The summed E-state index contributed by atoms with van der Waals surface area (Å²) in [5.74, 6) is 1.44. The van der Waals surface area contributed by atoms with Crippen molar-refractivity contribution in [3.63, 3.8) is 0 Å². The zero-order valence-corrected chi connectivity index (χ0v) is 16.5. The van der Waals surface area contributed by atoms with Crippen molar-refractivity contribution in [1.29, 1.82) is 0 Å². The van der Waals surface area contributed by atoms with Crippen LogP contribution in [0.25, 0.3) is 11.6 Å². The molecule has 0 N–H and O–H groups in total. The van der Waals surface area contributed by atoms with E-state index in [9.17, 15) is 8.42 Å². The zero-order chi connectivity index (χ0) is 18.5. The maximum Gasteiger partial charge on any atom is 0.264 e. The third kappa shape index (κ3) is 2.70. The van der Waals surface area contributed by atoms with Gasteiger partial charge in [0.1, 0.15) is 10.6 Å². The molecule has 1 aliphatic carbocycles. The highest BCUT2D eigenvalue weighted by Crippen LogP contribution is 2.39. The average molecular weight is 378 g/mol. The average Bonchev–Trinajstić information content (AvgIpc) is 3.10. The minimum absolute atomic E-state index is 0.356. The molecule has 1 saturated heterocycles. The second kappa shape index (κ2) is 6.49. The van der Waals surface area contributed by atoms with Gasteiger partial charge in [0.2, 0.25) is 15.9 Å². The van der Waals surface area contributed by atoms with Gasteiger partial charge in [0.15, 0.2) is 0 Å². The summed E-state index contributed by atoms with van der Waals surface area (Å²) in [6.45, 7) is 4.87. The molecule has 2 aliphatic rings. The Bertz CT molecular complexity index is 919. The maximum absolute atomic E-state index is 13.2. The van der Waals surface area contributed by atoms with Crippen molar-refractivity contribution in [1.82, 2.24) is 19.1 Å². The Labute approximate surface area is 154 Å². The first-order valence-corrected chi connectivity index (χ1v) is 10.8. The highest BCUT2D eigenvalue weighted by Gasteiger charge is 2.34. The standard InChI is InChI=1S/C18H26N4O3S/c1-12-15(18-20-19-17(25-18)14-8-7-9-14)21(3)13(2)16(12)26(23,24)22-10-5-4-6-11-22/h14H,4-11H2,1-3H3. The zero-order valence-electron chi connectivity index (χ0n) is 15.7. The molecule has 142 valence electrons. The smallest absolute Gasteiger partial charge is 0.264 e. The van der Waals surface area contributed by atoms with Gasteiger partial charge >= 0.3 is 0 Å². The lowest BCUT2D eigenvalue weighted by Gasteiger charge is -2.26. The Morgan fingerprint density at radius 1 is 1.04 bits per heavy atom. The predicted octanol–water partition coefficient (Wildman–Crippen LogP) is 3.13. The number of piperidine rings is 1. The fraction of sp³-hybridized carbons (Fsp3) is 0.667. The number of hydrogen-bond donors (Lipinski definition) is 0. The van der Waals surface area contributed by atoms with Crippen molar-refractivity contribution in [2.24, 2.45) is 7.05 Å². The molecule has 2 aromatic heterocycles. The lowest BCUT2D eigenvalue weighted by molar-refractivity contribution is 0.337. The van der Waals surface area contributed by atoms with Crippen LogP contribution in [0, 0.1) is 13.8 Å². The van der Waals surface area contributed by atoms with Gasteiger partial charge in [-0.2, -0.15) is 4.31 Å². The van der Waals surface area contributed by atoms with Crippen molar-refractivity contribution in [3.8, 4) is 11.6 Å². The number of rotatable bonds is 4. The molecular formula is C18H26N4O3S. The largest absolute Gasteiger partial charge is 0.419 e. The minimum atomic E-state index is -3.51. The number of nitrogens with zero attached hydrogens (tertiary/aromatic N) is 4. The molecule has 3 heterocycles. The Kier molecular flexibility index (Phi) is 4.43. The molecule has 2 aromatic rings. The van der Waals surface area contributed by atoms with Crippen LogP contribution in [-0.4, -0.2) is 40.6 Å². The highest BCUT2D eigenvalue weighted by molar-refractivity contribution is 7.89. The molecule has 8 heteroatoms. The number of hydrogen-bond acceptors (Lipinski definition) is 5. The summed E-state index contributed by atoms with van der Waals surface area (Å²) in [5, 5.41) is 8.41. The van der Waals surface area contributed by atoms with Crippen LogP contribution in [-0.2, 0) is 17.1 Å². The van der Waals surface area contributed by atoms with E-state index in [-0.39, 0.29) is 0 Å². The summed E-state index contributed by atoms with van der Waals surface area (Å²) in [7, 11) is -1.65. The van der Waals surface area contributed by atoms with Gasteiger partial charge in [0.05, 0.1) is 0 Å². The fourth-order valence-electron chi connectivity index (χ4n) is 4.02. The quantitative estimate of drug-likeness (QED) is 0.816. The van der Waals surface area contributed by atoms with Gasteiger partial charge in [0.25, 0.3) is 5.89 Å². The molecule has 0 bridgehead atoms. The molecule has 26 heavy (non-hydrogen) atoms. The van der Waals surface area contributed by atoms with E-state index in [4.69, 9.17) is 4.42 Å². The molecule has 4 rings (SSSR count). The summed E-state index contributed by atoms with van der Waals surface area (Å²) in [6, 6.07) is 0. The van der Waals surface area contributed by atoms with Gasteiger partial charge in [-0.1, -0.05) is 12.8 Å². The van der Waals surface area contributed by atoms with E-state index in [0.717, 1.165) is 32.1 Å². The van der Waals surface area contributed by atoms with Crippen LogP contribution >= 0.6 is 0 Å². The molecule has 0 unspecified atom stereocenters. The van der Waals surface area contributed by atoms with Gasteiger partial charge in [-0.05, 0) is 39.5 Å². The summed E-state index contributed by atoms with van der Waals surface area (Å²) >= 11 is 0. The second-order valence-electron chi connectivity index (χ2n) is 7.49. The number of sulfonamides is 1. The first-order chi connectivity index (χ1) is 12.4.